The summed E-state index contributed by atoms with van der Waals surface area (Å²) in [6.07, 6.45) is 7.08. The Hall–Kier alpha value is -1.28. The van der Waals surface area contributed by atoms with Gasteiger partial charge in [0.1, 0.15) is 0 Å². The number of benzene rings is 1. The average molecular weight is 244 g/mol. The van der Waals surface area contributed by atoms with E-state index in [0.29, 0.717) is 0 Å². The summed E-state index contributed by atoms with van der Waals surface area (Å²) >= 11 is 0. The zero-order chi connectivity index (χ0) is 13.0. The monoisotopic (exact) mass is 244 g/mol. The van der Waals surface area contributed by atoms with Crippen molar-refractivity contribution in [3.8, 4) is 0 Å². The molecule has 1 aromatic carbocycles. The van der Waals surface area contributed by atoms with Gasteiger partial charge in [0.15, 0.2) is 0 Å². The van der Waals surface area contributed by atoms with Gasteiger partial charge in [-0.05, 0) is 50.4 Å². The minimum absolute atomic E-state index is 0.760. The fourth-order valence-corrected chi connectivity index (χ4v) is 2.50. The standard InChI is InChI=1S/C16H24N2/c1-3-4-6-14-12-18(10-5-9-17)16-8-7-13(2)11-15(14)16/h7-8,11-12H,3-6,9-10,17H2,1-2H3. The van der Waals surface area contributed by atoms with E-state index in [9.17, 15) is 0 Å². The Morgan fingerprint density at radius 1 is 1.22 bits per heavy atom. The number of aromatic nitrogens is 1. The summed E-state index contributed by atoms with van der Waals surface area (Å²) in [5.41, 5.74) is 9.82. The van der Waals surface area contributed by atoms with Crippen molar-refractivity contribution in [3.63, 3.8) is 0 Å². The van der Waals surface area contributed by atoms with Crippen LogP contribution in [0.3, 0.4) is 0 Å². The molecule has 2 N–H and O–H groups in total. The Morgan fingerprint density at radius 3 is 2.78 bits per heavy atom. The topological polar surface area (TPSA) is 30.9 Å². The van der Waals surface area contributed by atoms with Crippen LogP contribution in [0, 0.1) is 6.92 Å². The van der Waals surface area contributed by atoms with Crippen LogP contribution in [0.25, 0.3) is 10.9 Å². The first-order valence-corrected chi connectivity index (χ1v) is 7.04. The third kappa shape index (κ3) is 2.75. The van der Waals surface area contributed by atoms with Crippen molar-refractivity contribution in [1.29, 1.82) is 0 Å². The SMILES string of the molecule is CCCCc1cn(CCCN)c2ccc(C)cc12. The van der Waals surface area contributed by atoms with E-state index in [1.807, 2.05) is 0 Å². The normalized spacial score (nSPS) is 11.3. The molecule has 0 fully saturated rings. The molecule has 0 unspecified atom stereocenters. The van der Waals surface area contributed by atoms with Crippen molar-refractivity contribution in [2.75, 3.05) is 6.54 Å². The maximum absolute atomic E-state index is 5.62. The second kappa shape index (κ2) is 6.05. The number of hydrogen-bond acceptors (Lipinski definition) is 1. The van der Waals surface area contributed by atoms with Crippen LogP contribution >= 0.6 is 0 Å². The molecule has 0 amide bonds. The maximum atomic E-state index is 5.62. The Balaban J connectivity index is 2.39. The highest BCUT2D eigenvalue weighted by atomic mass is 15.0. The molecular formula is C16H24N2. The predicted octanol–water partition coefficient (Wildman–Crippen LogP) is 3.64. The first kappa shape index (κ1) is 13.2. The van der Waals surface area contributed by atoms with E-state index in [0.717, 1.165) is 19.5 Å². The summed E-state index contributed by atoms with van der Waals surface area (Å²) in [4.78, 5) is 0. The Bertz CT molecular complexity index is 511. The molecule has 2 heteroatoms. The molecule has 0 saturated carbocycles. The van der Waals surface area contributed by atoms with Crippen LogP contribution in [0.5, 0.6) is 0 Å². The van der Waals surface area contributed by atoms with Gasteiger partial charge in [0, 0.05) is 23.6 Å². The fraction of sp³-hybridized carbons (Fsp3) is 0.500. The van der Waals surface area contributed by atoms with Gasteiger partial charge in [-0.1, -0.05) is 25.0 Å². The molecule has 18 heavy (non-hydrogen) atoms. The molecule has 2 aromatic rings. The molecule has 98 valence electrons. The summed E-state index contributed by atoms with van der Waals surface area (Å²) in [5, 5.41) is 1.43. The number of nitrogens with zero attached hydrogens (tertiary/aromatic N) is 1. The van der Waals surface area contributed by atoms with Crippen LogP contribution in [0.4, 0.5) is 0 Å². The van der Waals surface area contributed by atoms with E-state index in [1.165, 1.54) is 41.3 Å². The van der Waals surface area contributed by atoms with Crippen LogP contribution in [-0.2, 0) is 13.0 Å². The molecule has 2 rings (SSSR count). The van der Waals surface area contributed by atoms with Crippen LogP contribution in [0.2, 0.25) is 0 Å². The van der Waals surface area contributed by atoms with Crippen molar-refractivity contribution in [2.45, 2.75) is 46.1 Å². The molecular weight excluding hydrogens is 220 g/mol. The number of hydrogen-bond donors (Lipinski definition) is 1. The van der Waals surface area contributed by atoms with E-state index < -0.39 is 0 Å². The molecule has 1 heterocycles. The lowest BCUT2D eigenvalue weighted by molar-refractivity contribution is 0.667. The Labute approximate surface area is 110 Å². The Morgan fingerprint density at radius 2 is 2.06 bits per heavy atom. The second-order valence-electron chi connectivity index (χ2n) is 5.11. The summed E-state index contributed by atoms with van der Waals surface area (Å²) < 4.78 is 2.37. The largest absolute Gasteiger partial charge is 0.347 e. The first-order chi connectivity index (χ1) is 8.76. The molecule has 0 saturated heterocycles. The minimum Gasteiger partial charge on any atom is -0.347 e. The van der Waals surface area contributed by atoms with Gasteiger partial charge in [-0.3, -0.25) is 0 Å². The van der Waals surface area contributed by atoms with Crippen molar-refractivity contribution in [1.82, 2.24) is 4.57 Å². The van der Waals surface area contributed by atoms with Crippen LogP contribution in [0.15, 0.2) is 24.4 Å². The smallest absolute Gasteiger partial charge is 0.0483 e. The minimum atomic E-state index is 0.760. The van der Waals surface area contributed by atoms with Gasteiger partial charge in [-0.2, -0.15) is 0 Å². The molecule has 0 radical (unpaired) electrons. The van der Waals surface area contributed by atoms with E-state index in [2.05, 4.69) is 42.8 Å². The number of fused-ring (bicyclic) bond motifs is 1. The van der Waals surface area contributed by atoms with Crippen molar-refractivity contribution in [3.05, 3.63) is 35.5 Å². The summed E-state index contributed by atoms with van der Waals surface area (Å²) in [5.74, 6) is 0. The quantitative estimate of drug-likeness (QED) is 0.826. The Kier molecular flexibility index (Phi) is 4.43. The molecule has 0 aliphatic carbocycles. The number of rotatable bonds is 6. The number of nitrogens with two attached hydrogens (primary N) is 1. The third-order valence-corrected chi connectivity index (χ3v) is 3.52. The number of unbranched alkanes of at least 4 members (excludes halogenated alkanes) is 1. The molecule has 0 aliphatic rings. The lowest BCUT2D eigenvalue weighted by atomic mass is 10.1. The van der Waals surface area contributed by atoms with Gasteiger partial charge in [-0.25, -0.2) is 0 Å². The predicted molar refractivity (Wildman–Crippen MR) is 79.0 cm³/mol. The number of aryl methyl sites for hydroxylation is 3. The van der Waals surface area contributed by atoms with Crippen molar-refractivity contribution < 1.29 is 0 Å². The van der Waals surface area contributed by atoms with Gasteiger partial charge in [0.25, 0.3) is 0 Å². The average Bonchev–Trinajstić information content (AvgIpc) is 2.71. The summed E-state index contributed by atoms with van der Waals surface area (Å²) in [6, 6.07) is 6.76. The molecule has 2 nitrogen and oxygen atoms in total. The molecule has 0 atom stereocenters. The van der Waals surface area contributed by atoms with E-state index in [4.69, 9.17) is 5.73 Å². The van der Waals surface area contributed by atoms with Crippen LogP contribution in [0.1, 0.15) is 37.3 Å². The molecule has 1 aromatic heterocycles. The van der Waals surface area contributed by atoms with Crippen LogP contribution in [-0.4, -0.2) is 11.1 Å². The zero-order valence-electron chi connectivity index (χ0n) is 11.6. The highest BCUT2D eigenvalue weighted by molar-refractivity contribution is 5.84. The lowest BCUT2D eigenvalue weighted by Gasteiger charge is -2.03. The summed E-state index contributed by atoms with van der Waals surface area (Å²) in [7, 11) is 0. The van der Waals surface area contributed by atoms with E-state index in [-0.39, 0.29) is 0 Å². The maximum Gasteiger partial charge on any atom is 0.0483 e. The van der Waals surface area contributed by atoms with Gasteiger partial charge < -0.3 is 10.3 Å². The van der Waals surface area contributed by atoms with Gasteiger partial charge in [0.2, 0.25) is 0 Å². The van der Waals surface area contributed by atoms with Crippen molar-refractivity contribution in [2.24, 2.45) is 5.73 Å². The molecule has 0 aliphatic heterocycles. The second-order valence-corrected chi connectivity index (χ2v) is 5.11. The van der Waals surface area contributed by atoms with E-state index in [1.54, 1.807) is 0 Å². The fourth-order valence-electron chi connectivity index (χ4n) is 2.50. The van der Waals surface area contributed by atoms with E-state index >= 15 is 0 Å². The van der Waals surface area contributed by atoms with Gasteiger partial charge in [0.05, 0.1) is 0 Å². The highest BCUT2D eigenvalue weighted by Crippen LogP contribution is 2.24. The molecule has 0 bridgehead atoms. The summed E-state index contributed by atoms with van der Waals surface area (Å²) in [6.45, 7) is 6.21. The van der Waals surface area contributed by atoms with Crippen LogP contribution < -0.4 is 5.73 Å². The lowest BCUT2D eigenvalue weighted by Crippen LogP contribution is -2.04. The van der Waals surface area contributed by atoms with Gasteiger partial charge in [-0.15, -0.1) is 0 Å². The third-order valence-electron chi connectivity index (χ3n) is 3.52. The zero-order valence-corrected chi connectivity index (χ0v) is 11.6. The molecule has 0 spiro atoms. The first-order valence-electron chi connectivity index (χ1n) is 7.04. The van der Waals surface area contributed by atoms with Gasteiger partial charge >= 0.3 is 0 Å². The highest BCUT2D eigenvalue weighted by Gasteiger charge is 2.08. The van der Waals surface area contributed by atoms with Crippen molar-refractivity contribution >= 4 is 10.9 Å².